The molecule has 35 heavy (non-hydrogen) atoms. The van der Waals surface area contributed by atoms with Gasteiger partial charge < -0.3 is 9.15 Å². The fraction of sp³-hybridized carbons (Fsp3) is 0. The summed E-state index contributed by atoms with van der Waals surface area (Å²) in [6.45, 7) is 0. The average molecular weight is 524 g/mol. The van der Waals surface area contributed by atoms with Gasteiger partial charge in [-0.15, -0.1) is 0 Å². The Morgan fingerprint density at radius 2 is 1.63 bits per heavy atom. The number of hydrogen-bond acceptors (Lipinski definition) is 5. The first-order chi connectivity index (χ1) is 17.0. The van der Waals surface area contributed by atoms with Gasteiger partial charge in [-0.25, -0.2) is 9.59 Å². The molecule has 170 valence electrons. The van der Waals surface area contributed by atoms with Crippen LogP contribution in [-0.4, -0.2) is 12.2 Å². The van der Waals surface area contributed by atoms with Crippen LogP contribution in [-0.2, 0) is 0 Å². The van der Waals surface area contributed by atoms with Crippen molar-refractivity contribution in [3.05, 3.63) is 129 Å². The number of nitrogens with zero attached hydrogens (tertiary/aromatic N) is 1. The fourth-order valence-corrected chi connectivity index (χ4v) is 3.94. The summed E-state index contributed by atoms with van der Waals surface area (Å²) >= 11 is 3.35. The van der Waals surface area contributed by atoms with Gasteiger partial charge in [0.15, 0.2) is 0 Å². The Kier molecular flexibility index (Phi) is 6.37. The minimum absolute atomic E-state index is 0.374. The summed E-state index contributed by atoms with van der Waals surface area (Å²) in [7, 11) is 0. The van der Waals surface area contributed by atoms with Crippen LogP contribution in [0.4, 0.5) is 5.69 Å². The zero-order valence-electron chi connectivity index (χ0n) is 18.4. The topological polar surface area (TPSA) is 68.9 Å². The second-order valence-electron chi connectivity index (χ2n) is 7.76. The number of fused-ring (bicyclic) bond motifs is 1. The second kappa shape index (κ2) is 9.91. The third kappa shape index (κ3) is 5.28. The Balaban J connectivity index is 1.27. The Morgan fingerprint density at radius 3 is 2.40 bits per heavy atom. The van der Waals surface area contributed by atoms with E-state index in [1.807, 2.05) is 66.7 Å². The summed E-state index contributed by atoms with van der Waals surface area (Å²) < 4.78 is 11.7. The molecule has 0 N–H and O–H groups in total. The molecule has 5 nitrogen and oxygen atoms in total. The summed E-state index contributed by atoms with van der Waals surface area (Å²) in [5.41, 5.74) is 3.52. The van der Waals surface area contributed by atoms with Gasteiger partial charge in [0.2, 0.25) is 0 Å². The molecular formula is C29H18BrNO4. The number of rotatable bonds is 5. The quantitative estimate of drug-likeness (QED) is 0.106. The van der Waals surface area contributed by atoms with Crippen LogP contribution in [0.5, 0.6) is 5.75 Å². The van der Waals surface area contributed by atoms with Crippen molar-refractivity contribution >= 4 is 44.8 Å². The highest BCUT2D eigenvalue weighted by Gasteiger charge is 2.09. The monoisotopic (exact) mass is 523 g/mol. The first-order valence-electron chi connectivity index (χ1n) is 10.8. The van der Waals surface area contributed by atoms with E-state index in [-0.39, 0.29) is 5.63 Å². The number of aliphatic imine (C=N–C) groups is 1. The van der Waals surface area contributed by atoms with E-state index in [2.05, 4.69) is 20.9 Å². The molecular weight excluding hydrogens is 506 g/mol. The van der Waals surface area contributed by atoms with E-state index in [0.29, 0.717) is 22.5 Å². The minimum atomic E-state index is -0.423. The lowest BCUT2D eigenvalue weighted by atomic mass is 10.1. The van der Waals surface area contributed by atoms with Gasteiger partial charge >= 0.3 is 11.6 Å². The highest BCUT2D eigenvalue weighted by molar-refractivity contribution is 9.10. The first-order valence-corrected chi connectivity index (χ1v) is 11.6. The Morgan fingerprint density at radius 1 is 0.857 bits per heavy atom. The number of ether oxygens (including phenoxy) is 1. The van der Waals surface area contributed by atoms with Gasteiger partial charge in [0.1, 0.15) is 11.3 Å². The third-order valence-electron chi connectivity index (χ3n) is 5.33. The van der Waals surface area contributed by atoms with Crippen LogP contribution in [0.25, 0.3) is 22.1 Å². The lowest BCUT2D eigenvalue weighted by Crippen LogP contribution is -2.08. The highest BCUT2D eigenvalue weighted by atomic mass is 79.9. The standard InChI is InChI=1S/C29H18BrNO4/c30-23-6-3-5-22(16-23)28(32)34-25-14-8-19(9-15-25)18-31-24-12-10-20(11-13-24)26-17-21-4-1-2-7-27(21)35-29(26)33/h1-18H. The number of halogens is 1. The smallest absolute Gasteiger partial charge is 0.344 e. The Labute approximate surface area is 209 Å². The van der Waals surface area contributed by atoms with Crippen LogP contribution in [0.15, 0.2) is 122 Å². The molecule has 5 rings (SSSR count). The fourth-order valence-electron chi connectivity index (χ4n) is 3.54. The van der Waals surface area contributed by atoms with Crippen molar-refractivity contribution in [1.29, 1.82) is 0 Å². The molecule has 4 aromatic carbocycles. The predicted octanol–water partition coefficient (Wildman–Crippen LogP) is 7.19. The summed E-state index contributed by atoms with van der Waals surface area (Å²) in [4.78, 5) is 29.2. The molecule has 0 aliphatic carbocycles. The molecule has 0 atom stereocenters. The van der Waals surface area contributed by atoms with E-state index in [9.17, 15) is 9.59 Å². The molecule has 6 heteroatoms. The van der Waals surface area contributed by atoms with Crippen molar-refractivity contribution in [2.45, 2.75) is 0 Å². The molecule has 0 fully saturated rings. The van der Waals surface area contributed by atoms with Crippen molar-refractivity contribution in [3.8, 4) is 16.9 Å². The van der Waals surface area contributed by atoms with Crippen molar-refractivity contribution in [1.82, 2.24) is 0 Å². The number of carbonyl (C=O) groups excluding carboxylic acids is 1. The minimum Gasteiger partial charge on any atom is -0.423 e. The third-order valence-corrected chi connectivity index (χ3v) is 5.83. The molecule has 0 aliphatic heterocycles. The van der Waals surface area contributed by atoms with Crippen LogP contribution in [0.3, 0.4) is 0 Å². The first kappa shape index (κ1) is 22.5. The number of hydrogen-bond donors (Lipinski definition) is 0. The maximum absolute atomic E-state index is 12.4. The molecule has 1 heterocycles. The predicted molar refractivity (Wildman–Crippen MR) is 141 cm³/mol. The number of para-hydroxylation sites is 1. The Bertz CT molecular complexity index is 1600. The maximum atomic E-state index is 12.4. The van der Waals surface area contributed by atoms with Gasteiger partial charge in [-0.1, -0.05) is 52.3 Å². The van der Waals surface area contributed by atoms with Gasteiger partial charge in [0.05, 0.1) is 16.8 Å². The summed E-state index contributed by atoms with van der Waals surface area (Å²) in [6, 6.07) is 30.8. The summed E-state index contributed by atoms with van der Waals surface area (Å²) in [6.07, 6.45) is 1.72. The second-order valence-corrected chi connectivity index (χ2v) is 8.68. The van der Waals surface area contributed by atoms with E-state index in [1.165, 1.54) is 0 Å². The van der Waals surface area contributed by atoms with Gasteiger partial charge in [-0.3, -0.25) is 4.99 Å². The molecule has 0 unspecified atom stereocenters. The maximum Gasteiger partial charge on any atom is 0.344 e. The molecule has 0 aliphatic rings. The molecule has 0 saturated carbocycles. The van der Waals surface area contributed by atoms with Crippen LogP contribution < -0.4 is 10.4 Å². The summed E-state index contributed by atoms with van der Waals surface area (Å²) in [5, 5.41) is 0.870. The van der Waals surface area contributed by atoms with Gasteiger partial charge in [0.25, 0.3) is 0 Å². The van der Waals surface area contributed by atoms with Crippen molar-refractivity contribution < 1.29 is 13.9 Å². The van der Waals surface area contributed by atoms with Crippen LogP contribution in [0.1, 0.15) is 15.9 Å². The normalized spacial score (nSPS) is 11.1. The molecule has 0 amide bonds. The van der Waals surface area contributed by atoms with Crippen LogP contribution in [0.2, 0.25) is 0 Å². The SMILES string of the molecule is O=C(Oc1ccc(C=Nc2ccc(-c3cc4ccccc4oc3=O)cc2)cc1)c1cccc(Br)c1. The van der Waals surface area contributed by atoms with Gasteiger partial charge in [-0.2, -0.15) is 0 Å². The average Bonchev–Trinajstić information content (AvgIpc) is 2.88. The molecule has 0 radical (unpaired) electrons. The van der Waals surface area contributed by atoms with Gasteiger partial charge in [-0.05, 0) is 77.9 Å². The van der Waals surface area contributed by atoms with Crippen molar-refractivity contribution in [3.63, 3.8) is 0 Å². The van der Waals surface area contributed by atoms with Crippen molar-refractivity contribution in [2.24, 2.45) is 4.99 Å². The van der Waals surface area contributed by atoms with E-state index < -0.39 is 5.97 Å². The molecule has 1 aromatic heterocycles. The van der Waals surface area contributed by atoms with Crippen molar-refractivity contribution in [2.75, 3.05) is 0 Å². The zero-order valence-corrected chi connectivity index (χ0v) is 19.9. The molecule has 5 aromatic rings. The number of benzene rings is 4. The molecule has 0 saturated heterocycles. The van der Waals surface area contributed by atoms with Crippen LogP contribution in [0, 0.1) is 0 Å². The molecule has 0 bridgehead atoms. The van der Waals surface area contributed by atoms with E-state index in [1.54, 1.807) is 42.6 Å². The lowest BCUT2D eigenvalue weighted by Gasteiger charge is -2.05. The Hall–Kier alpha value is -4.29. The van der Waals surface area contributed by atoms with Crippen LogP contribution >= 0.6 is 15.9 Å². The van der Waals surface area contributed by atoms with E-state index in [0.717, 1.165) is 26.7 Å². The highest BCUT2D eigenvalue weighted by Crippen LogP contribution is 2.24. The lowest BCUT2D eigenvalue weighted by molar-refractivity contribution is 0.0734. The van der Waals surface area contributed by atoms with Gasteiger partial charge in [0, 0.05) is 16.1 Å². The number of esters is 1. The van der Waals surface area contributed by atoms with E-state index >= 15 is 0 Å². The van der Waals surface area contributed by atoms with E-state index in [4.69, 9.17) is 9.15 Å². The largest absolute Gasteiger partial charge is 0.423 e. The summed E-state index contributed by atoms with van der Waals surface area (Å²) in [5.74, 6) is 0.0268. The zero-order chi connectivity index (χ0) is 24.2. The number of carbonyl (C=O) groups is 1. The molecule has 0 spiro atoms.